The molecular formula is C26H18BrCl2N3OS. The Morgan fingerprint density at radius 1 is 1.03 bits per heavy atom. The quantitative estimate of drug-likeness (QED) is 0.189. The summed E-state index contributed by atoms with van der Waals surface area (Å²) in [4.78, 5) is 16.7. The first-order chi connectivity index (χ1) is 16.3. The first-order valence-corrected chi connectivity index (χ1v) is 12.4. The minimum absolute atomic E-state index is 0.183. The molecule has 0 aliphatic carbocycles. The van der Waals surface area contributed by atoms with Gasteiger partial charge in [0.2, 0.25) is 0 Å². The molecule has 0 saturated carbocycles. The van der Waals surface area contributed by atoms with Crippen LogP contribution in [0.4, 0.5) is 5.69 Å². The molecular weight excluding hydrogens is 553 g/mol. The summed E-state index contributed by atoms with van der Waals surface area (Å²) in [6.45, 7) is 0.611. The van der Waals surface area contributed by atoms with Crippen molar-refractivity contribution in [2.24, 2.45) is 0 Å². The highest BCUT2D eigenvalue weighted by Gasteiger charge is 2.37. The molecule has 0 N–H and O–H groups in total. The molecule has 0 spiro atoms. The lowest BCUT2D eigenvalue weighted by Gasteiger charge is -2.16. The Kier molecular flexibility index (Phi) is 6.25. The molecule has 0 unspecified atom stereocenters. The van der Waals surface area contributed by atoms with Crippen LogP contribution in [0.2, 0.25) is 10.0 Å². The van der Waals surface area contributed by atoms with Crippen molar-refractivity contribution in [1.82, 2.24) is 9.47 Å². The Bertz CT molecular complexity index is 1480. The molecule has 1 aliphatic heterocycles. The second-order valence-corrected chi connectivity index (χ2v) is 10.1. The van der Waals surface area contributed by atoms with Gasteiger partial charge in [-0.3, -0.25) is 9.69 Å². The Morgan fingerprint density at radius 2 is 1.76 bits per heavy atom. The third-order valence-electron chi connectivity index (χ3n) is 5.81. The van der Waals surface area contributed by atoms with Crippen molar-refractivity contribution >= 4 is 85.0 Å². The predicted octanol–water partition coefficient (Wildman–Crippen LogP) is 7.36. The van der Waals surface area contributed by atoms with E-state index in [4.69, 9.17) is 35.4 Å². The fourth-order valence-corrected chi connectivity index (χ4v) is 5.04. The Balaban J connectivity index is 1.59. The number of fused-ring (bicyclic) bond motifs is 1. The van der Waals surface area contributed by atoms with Crippen LogP contribution in [-0.4, -0.2) is 27.5 Å². The summed E-state index contributed by atoms with van der Waals surface area (Å²) < 4.78 is 3.10. The highest BCUT2D eigenvalue weighted by Crippen LogP contribution is 2.32. The number of thiocarbonyl (C=S) groups is 1. The van der Waals surface area contributed by atoms with Crippen molar-refractivity contribution in [1.29, 1.82) is 0 Å². The van der Waals surface area contributed by atoms with Crippen molar-refractivity contribution < 1.29 is 4.79 Å². The van der Waals surface area contributed by atoms with Crippen molar-refractivity contribution in [3.05, 3.63) is 104 Å². The zero-order valence-corrected chi connectivity index (χ0v) is 21.9. The molecule has 1 aromatic heterocycles. The van der Waals surface area contributed by atoms with Gasteiger partial charge in [0.1, 0.15) is 5.70 Å². The largest absolute Gasteiger partial charge is 0.342 e. The van der Waals surface area contributed by atoms with E-state index in [1.165, 1.54) is 4.90 Å². The molecule has 1 saturated heterocycles. The third-order valence-corrected chi connectivity index (χ3v) is 7.38. The van der Waals surface area contributed by atoms with Crippen molar-refractivity contribution in [2.45, 2.75) is 6.54 Å². The molecule has 1 amide bonds. The Morgan fingerprint density at radius 3 is 2.50 bits per heavy atom. The maximum absolute atomic E-state index is 13.4. The van der Waals surface area contributed by atoms with Gasteiger partial charge < -0.3 is 9.47 Å². The van der Waals surface area contributed by atoms with E-state index in [9.17, 15) is 4.79 Å². The van der Waals surface area contributed by atoms with Gasteiger partial charge in [-0.1, -0.05) is 57.3 Å². The molecule has 3 aromatic carbocycles. The van der Waals surface area contributed by atoms with Crippen LogP contribution in [0.25, 0.3) is 17.0 Å². The number of nitrogens with zero attached hydrogens (tertiary/aromatic N) is 3. The molecule has 0 radical (unpaired) electrons. The molecule has 2 heterocycles. The van der Waals surface area contributed by atoms with Gasteiger partial charge in [0, 0.05) is 50.8 Å². The SMILES string of the molecule is CN1C(=S)N(c2ccc(Cl)cc2)C(=O)/C1=C/c1cn(Cc2ccccc2Cl)c2ccc(Br)cc12. The van der Waals surface area contributed by atoms with Crippen LogP contribution in [0.5, 0.6) is 0 Å². The zero-order chi connectivity index (χ0) is 24.0. The Hall–Kier alpha value is -2.64. The van der Waals surface area contributed by atoms with Gasteiger partial charge in [0.25, 0.3) is 5.91 Å². The number of halogens is 3. The molecule has 4 nitrogen and oxygen atoms in total. The number of anilines is 1. The second-order valence-electron chi connectivity index (χ2n) is 7.95. The van der Waals surface area contributed by atoms with Crippen molar-refractivity contribution in [3.63, 3.8) is 0 Å². The normalized spacial score (nSPS) is 15.2. The lowest BCUT2D eigenvalue weighted by molar-refractivity contribution is -0.114. The van der Waals surface area contributed by atoms with Crippen LogP contribution < -0.4 is 4.90 Å². The van der Waals surface area contributed by atoms with Gasteiger partial charge in [-0.05, 0) is 72.4 Å². The zero-order valence-electron chi connectivity index (χ0n) is 18.0. The summed E-state index contributed by atoms with van der Waals surface area (Å²) in [6, 6.07) is 21.0. The van der Waals surface area contributed by atoms with Gasteiger partial charge >= 0.3 is 0 Å². The number of amides is 1. The van der Waals surface area contributed by atoms with Crippen LogP contribution in [0, 0.1) is 0 Å². The van der Waals surface area contributed by atoms with Crippen LogP contribution in [0.15, 0.2) is 83.1 Å². The first-order valence-electron chi connectivity index (χ1n) is 10.4. The van der Waals surface area contributed by atoms with Gasteiger partial charge in [0.05, 0.1) is 5.69 Å². The van der Waals surface area contributed by atoms with Crippen molar-refractivity contribution in [2.75, 3.05) is 11.9 Å². The van der Waals surface area contributed by atoms with E-state index >= 15 is 0 Å². The summed E-state index contributed by atoms with van der Waals surface area (Å²) >= 11 is 21.6. The Labute approximate surface area is 221 Å². The first kappa shape index (κ1) is 23.1. The topological polar surface area (TPSA) is 28.5 Å². The van der Waals surface area contributed by atoms with E-state index < -0.39 is 0 Å². The number of hydrogen-bond acceptors (Lipinski definition) is 2. The molecule has 4 aromatic rings. The fourth-order valence-electron chi connectivity index (χ4n) is 4.07. The number of carbonyl (C=O) groups excluding carboxylic acids is 1. The minimum atomic E-state index is -0.183. The number of carbonyl (C=O) groups is 1. The van der Waals surface area contributed by atoms with Crippen molar-refractivity contribution in [3.8, 4) is 0 Å². The fraction of sp³-hybridized carbons (Fsp3) is 0.0769. The smallest absolute Gasteiger partial charge is 0.281 e. The van der Waals surface area contributed by atoms with E-state index in [0.29, 0.717) is 28.1 Å². The molecule has 8 heteroatoms. The number of likely N-dealkylation sites (N-methyl/N-ethyl adjacent to an activating group) is 1. The van der Waals surface area contributed by atoms with Gasteiger partial charge in [-0.15, -0.1) is 0 Å². The average Bonchev–Trinajstić information content (AvgIpc) is 3.25. The van der Waals surface area contributed by atoms with E-state index in [2.05, 4.69) is 32.6 Å². The van der Waals surface area contributed by atoms with Gasteiger partial charge in [0.15, 0.2) is 5.11 Å². The molecule has 0 bridgehead atoms. The summed E-state index contributed by atoms with van der Waals surface area (Å²) in [7, 11) is 1.81. The van der Waals surface area contributed by atoms with Gasteiger partial charge in [-0.2, -0.15) is 0 Å². The molecule has 34 heavy (non-hydrogen) atoms. The predicted molar refractivity (Wildman–Crippen MR) is 147 cm³/mol. The summed E-state index contributed by atoms with van der Waals surface area (Å²) in [5, 5.41) is 2.75. The number of benzene rings is 3. The summed E-state index contributed by atoms with van der Waals surface area (Å²) in [5.74, 6) is -0.183. The van der Waals surface area contributed by atoms with E-state index in [-0.39, 0.29) is 5.91 Å². The number of rotatable bonds is 4. The minimum Gasteiger partial charge on any atom is -0.342 e. The second kappa shape index (κ2) is 9.19. The van der Waals surface area contributed by atoms with Crippen LogP contribution in [-0.2, 0) is 11.3 Å². The molecule has 1 aliphatic rings. The number of aromatic nitrogens is 1. The van der Waals surface area contributed by atoms with Crippen LogP contribution in [0.1, 0.15) is 11.1 Å². The maximum atomic E-state index is 13.4. The van der Waals surface area contributed by atoms with Crippen LogP contribution in [0.3, 0.4) is 0 Å². The summed E-state index contributed by atoms with van der Waals surface area (Å²) in [5.41, 5.74) is 4.15. The average molecular weight is 571 g/mol. The third kappa shape index (κ3) is 4.16. The van der Waals surface area contributed by atoms with Crippen LogP contribution >= 0.6 is 51.3 Å². The van der Waals surface area contributed by atoms with E-state index in [1.807, 2.05) is 42.6 Å². The molecule has 0 atom stereocenters. The highest BCUT2D eigenvalue weighted by atomic mass is 79.9. The maximum Gasteiger partial charge on any atom is 0.281 e. The molecule has 5 rings (SSSR count). The molecule has 170 valence electrons. The lowest BCUT2D eigenvalue weighted by atomic mass is 10.1. The van der Waals surface area contributed by atoms with Gasteiger partial charge in [-0.25, -0.2) is 0 Å². The monoisotopic (exact) mass is 569 g/mol. The lowest BCUT2D eigenvalue weighted by Crippen LogP contribution is -2.31. The standard InChI is InChI=1S/C26H18BrCl2N3OS/c1-30-24(25(33)32(26(30)34)20-9-7-19(28)8-10-20)12-17-15-31(14-16-4-2-3-5-22(16)29)23-11-6-18(27)13-21(17)23/h2-13,15H,14H2,1H3/b24-12-. The summed E-state index contributed by atoms with van der Waals surface area (Å²) in [6.07, 6.45) is 3.94. The van der Waals surface area contributed by atoms with E-state index in [0.717, 1.165) is 31.5 Å². The molecule has 1 fully saturated rings. The number of hydrogen-bond donors (Lipinski definition) is 0. The van der Waals surface area contributed by atoms with E-state index in [1.54, 1.807) is 36.2 Å². The highest BCUT2D eigenvalue weighted by molar-refractivity contribution is 9.10.